The van der Waals surface area contributed by atoms with E-state index in [1.165, 1.54) is 5.56 Å². The Balaban J connectivity index is 1.81. The molecule has 0 saturated heterocycles. The minimum Gasteiger partial charge on any atom is -0.359 e. The van der Waals surface area contributed by atoms with Crippen LogP contribution in [0.25, 0.3) is 0 Å². The smallest absolute Gasteiger partial charge is 0.189 e. The number of hydrogen-bond acceptors (Lipinski definition) is 2. The van der Waals surface area contributed by atoms with Gasteiger partial charge in [0.25, 0.3) is 0 Å². The summed E-state index contributed by atoms with van der Waals surface area (Å²) in [7, 11) is 0. The topological polar surface area (TPSA) is 20.3 Å². The minimum absolute atomic E-state index is 0.0770. The Morgan fingerprint density at radius 3 is 2.45 bits per heavy atom. The first-order chi connectivity index (χ1) is 10.7. The predicted octanol–water partition coefficient (Wildman–Crippen LogP) is 4.48. The number of hydrogen-bond donors (Lipinski definition) is 0. The Morgan fingerprint density at radius 2 is 1.73 bits per heavy atom. The monoisotopic (exact) mass is 309 g/mol. The summed E-state index contributed by atoms with van der Waals surface area (Å²) in [6, 6.07) is 16.9. The first kappa shape index (κ1) is 14.6. The van der Waals surface area contributed by atoms with Crippen LogP contribution >= 0.6 is 11.6 Å². The van der Waals surface area contributed by atoms with Crippen LogP contribution in [0.1, 0.15) is 15.9 Å². The van der Waals surface area contributed by atoms with Crippen molar-refractivity contribution in [3.8, 4) is 0 Å². The SMILES string of the molecule is O=C(c1ccc(Cl)cc1)C1C=CC=CN1Cc1ccccc1. The van der Waals surface area contributed by atoms with Gasteiger partial charge in [-0.25, -0.2) is 0 Å². The van der Waals surface area contributed by atoms with Crippen LogP contribution in [-0.4, -0.2) is 16.7 Å². The van der Waals surface area contributed by atoms with Crippen molar-refractivity contribution in [2.24, 2.45) is 0 Å². The highest BCUT2D eigenvalue weighted by Crippen LogP contribution is 2.19. The molecule has 0 bridgehead atoms. The van der Waals surface area contributed by atoms with E-state index < -0.39 is 0 Å². The van der Waals surface area contributed by atoms with Crippen molar-refractivity contribution in [3.05, 3.63) is 95.2 Å². The molecule has 1 heterocycles. The lowest BCUT2D eigenvalue weighted by Crippen LogP contribution is -2.37. The molecule has 0 N–H and O–H groups in total. The van der Waals surface area contributed by atoms with Crippen LogP contribution in [0.4, 0.5) is 0 Å². The first-order valence-electron chi connectivity index (χ1n) is 7.18. The van der Waals surface area contributed by atoms with E-state index in [1.807, 2.05) is 47.5 Å². The number of carbonyl (C=O) groups excluding carboxylic acids is 1. The van der Waals surface area contributed by atoms with E-state index in [1.54, 1.807) is 24.3 Å². The third kappa shape index (κ3) is 3.29. The Kier molecular flexibility index (Phi) is 4.40. The molecule has 1 atom stereocenters. The van der Waals surface area contributed by atoms with E-state index in [0.717, 1.165) is 0 Å². The van der Waals surface area contributed by atoms with E-state index in [0.29, 0.717) is 17.1 Å². The third-order valence-corrected chi connectivity index (χ3v) is 3.90. The second-order valence-electron chi connectivity index (χ2n) is 5.20. The van der Waals surface area contributed by atoms with Gasteiger partial charge in [-0.1, -0.05) is 54.1 Å². The van der Waals surface area contributed by atoms with Gasteiger partial charge in [-0.15, -0.1) is 0 Å². The van der Waals surface area contributed by atoms with Gasteiger partial charge in [-0.2, -0.15) is 0 Å². The number of halogens is 1. The van der Waals surface area contributed by atoms with Gasteiger partial charge in [0.15, 0.2) is 5.78 Å². The predicted molar refractivity (Wildman–Crippen MR) is 89.8 cm³/mol. The number of carbonyl (C=O) groups is 1. The van der Waals surface area contributed by atoms with Crippen molar-refractivity contribution < 1.29 is 4.79 Å². The molecule has 0 radical (unpaired) electrons. The van der Waals surface area contributed by atoms with Crippen LogP contribution < -0.4 is 0 Å². The van der Waals surface area contributed by atoms with Crippen LogP contribution in [-0.2, 0) is 6.54 Å². The Labute approximate surface area is 135 Å². The quantitative estimate of drug-likeness (QED) is 0.776. The molecule has 3 heteroatoms. The maximum atomic E-state index is 12.7. The molecule has 0 amide bonds. The molecular weight excluding hydrogens is 294 g/mol. The number of benzene rings is 2. The molecule has 0 saturated carbocycles. The van der Waals surface area contributed by atoms with Crippen LogP contribution in [0.15, 0.2) is 79.0 Å². The van der Waals surface area contributed by atoms with Gasteiger partial charge >= 0.3 is 0 Å². The fourth-order valence-corrected chi connectivity index (χ4v) is 2.63. The van der Waals surface area contributed by atoms with Crippen molar-refractivity contribution in [1.82, 2.24) is 4.90 Å². The highest BCUT2D eigenvalue weighted by atomic mass is 35.5. The molecule has 22 heavy (non-hydrogen) atoms. The zero-order valence-corrected chi connectivity index (χ0v) is 12.8. The van der Waals surface area contributed by atoms with Gasteiger partial charge in [0.1, 0.15) is 6.04 Å². The molecule has 0 aliphatic carbocycles. The molecule has 2 nitrogen and oxygen atoms in total. The van der Waals surface area contributed by atoms with Crippen molar-refractivity contribution >= 4 is 17.4 Å². The lowest BCUT2D eigenvalue weighted by molar-refractivity contribution is 0.0902. The summed E-state index contributed by atoms with van der Waals surface area (Å²) in [6.45, 7) is 0.700. The number of nitrogens with zero attached hydrogens (tertiary/aromatic N) is 1. The number of allylic oxidation sites excluding steroid dienone is 2. The van der Waals surface area contributed by atoms with Gasteiger partial charge in [-0.05, 0) is 35.9 Å². The summed E-state index contributed by atoms with van der Waals surface area (Å²) in [5.74, 6) is 0.0770. The van der Waals surface area contributed by atoms with Crippen molar-refractivity contribution in [1.29, 1.82) is 0 Å². The second-order valence-corrected chi connectivity index (χ2v) is 5.64. The van der Waals surface area contributed by atoms with E-state index in [9.17, 15) is 4.79 Å². The standard InChI is InChI=1S/C19H16ClNO/c20-17-11-9-16(10-12-17)19(22)18-8-4-5-13-21(18)14-15-6-2-1-3-7-15/h1-13,18H,14H2. The van der Waals surface area contributed by atoms with Crippen LogP contribution in [0, 0.1) is 0 Å². The molecule has 2 aromatic carbocycles. The lowest BCUT2D eigenvalue weighted by atomic mass is 10.0. The number of Topliss-reactive ketones (excluding diaryl/α,β-unsaturated/α-hetero) is 1. The van der Waals surface area contributed by atoms with E-state index in [2.05, 4.69) is 12.1 Å². The molecule has 1 unspecified atom stereocenters. The zero-order valence-electron chi connectivity index (χ0n) is 12.0. The summed E-state index contributed by atoms with van der Waals surface area (Å²) in [4.78, 5) is 14.8. The van der Waals surface area contributed by atoms with Crippen molar-refractivity contribution in [3.63, 3.8) is 0 Å². The second kappa shape index (κ2) is 6.63. The van der Waals surface area contributed by atoms with Crippen molar-refractivity contribution in [2.45, 2.75) is 12.6 Å². The molecule has 1 aliphatic rings. The summed E-state index contributed by atoms with van der Waals surface area (Å²) >= 11 is 5.89. The largest absolute Gasteiger partial charge is 0.359 e. The fraction of sp³-hybridized carbons (Fsp3) is 0.105. The molecule has 0 fully saturated rings. The van der Waals surface area contributed by atoms with Crippen LogP contribution in [0.3, 0.4) is 0 Å². The van der Waals surface area contributed by atoms with Gasteiger partial charge < -0.3 is 4.90 Å². The summed E-state index contributed by atoms with van der Waals surface area (Å²) in [5.41, 5.74) is 1.85. The van der Waals surface area contributed by atoms with Gasteiger partial charge in [0, 0.05) is 23.3 Å². The Morgan fingerprint density at radius 1 is 1.00 bits per heavy atom. The van der Waals surface area contributed by atoms with E-state index in [-0.39, 0.29) is 11.8 Å². The molecule has 2 aromatic rings. The van der Waals surface area contributed by atoms with E-state index >= 15 is 0 Å². The van der Waals surface area contributed by atoms with Gasteiger partial charge in [0.05, 0.1) is 0 Å². The molecule has 110 valence electrons. The number of rotatable bonds is 4. The molecule has 3 rings (SSSR count). The van der Waals surface area contributed by atoms with Crippen LogP contribution in [0.5, 0.6) is 0 Å². The van der Waals surface area contributed by atoms with Gasteiger partial charge in [-0.3, -0.25) is 4.79 Å². The first-order valence-corrected chi connectivity index (χ1v) is 7.56. The third-order valence-electron chi connectivity index (χ3n) is 3.64. The highest BCUT2D eigenvalue weighted by molar-refractivity contribution is 6.30. The lowest BCUT2D eigenvalue weighted by Gasteiger charge is -2.29. The minimum atomic E-state index is -0.286. The average Bonchev–Trinajstić information content (AvgIpc) is 2.56. The van der Waals surface area contributed by atoms with Crippen LogP contribution in [0.2, 0.25) is 5.02 Å². The Bertz CT molecular complexity index is 704. The molecule has 0 aromatic heterocycles. The summed E-state index contributed by atoms with van der Waals surface area (Å²) in [5, 5.41) is 0.636. The molecule has 0 spiro atoms. The number of ketones is 1. The normalized spacial score (nSPS) is 16.8. The van der Waals surface area contributed by atoms with Gasteiger partial charge in [0.2, 0.25) is 0 Å². The highest BCUT2D eigenvalue weighted by Gasteiger charge is 2.23. The molecular formula is C19H16ClNO. The van der Waals surface area contributed by atoms with E-state index in [4.69, 9.17) is 11.6 Å². The maximum Gasteiger partial charge on any atom is 0.189 e. The molecule has 1 aliphatic heterocycles. The summed E-state index contributed by atoms with van der Waals surface area (Å²) in [6.07, 6.45) is 7.76. The Hall–Kier alpha value is -2.32. The zero-order chi connectivity index (χ0) is 15.4. The van der Waals surface area contributed by atoms with Crippen molar-refractivity contribution in [2.75, 3.05) is 0 Å². The maximum absolute atomic E-state index is 12.7. The average molecular weight is 310 g/mol. The fourth-order valence-electron chi connectivity index (χ4n) is 2.50. The summed E-state index contributed by atoms with van der Waals surface area (Å²) < 4.78 is 0.